The predicted molar refractivity (Wildman–Crippen MR) is 170 cm³/mol. The van der Waals surface area contributed by atoms with E-state index in [4.69, 9.17) is 10.5 Å². The Hall–Kier alpha value is -5.77. The molecule has 0 aliphatic heterocycles. The van der Waals surface area contributed by atoms with Crippen molar-refractivity contribution in [3.05, 3.63) is 118 Å². The van der Waals surface area contributed by atoms with Gasteiger partial charge < -0.3 is 10.5 Å². The Kier molecular flexibility index (Phi) is 8.02. The number of rotatable bonds is 3. The molecule has 6 rings (SSSR count). The van der Waals surface area contributed by atoms with Crippen molar-refractivity contribution < 1.29 is 9.53 Å². The zero-order chi connectivity index (χ0) is 30.6. The third-order valence-corrected chi connectivity index (χ3v) is 6.38. The lowest BCUT2D eigenvalue weighted by atomic mass is 10.0. The second-order valence-electron chi connectivity index (χ2n) is 10.7. The van der Waals surface area contributed by atoms with Crippen molar-refractivity contribution in [3.63, 3.8) is 0 Å². The third kappa shape index (κ3) is 6.76. The lowest BCUT2D eigenvalue weighted by molar-refractivity contribution is 0.0636. The van der Waals surface area contributed by atoms with Gasteiger partial charge in [-0.3, -0.25) is 14.9 Å². The van der Waals surface area contributed by atoms with Crippen molar-refractivity contribution in [2.45, 2.75) is 26.4 Å². The van der Waals surface area contributed by atoms with Crippen LogP contribution in [-0.4, -0.2) is 32.1 Å². The zero-order valence-electron chi connectivity index (χ0n) is 23.8. The zero-order valence-corrected chi connectivity index (χ0v) is 23.8. The minimum atomic E-state index is -0.553. The summed E-state index contributed by atoms with van der Waals surface area (Å²) in [5.41, 5.74) is 9.23. The maximum atomic E-state index is 11.9. The molecule has 0 unspecified atom stereocenters. The Bertz CT molecular complexity index is 2030. The van der Waals surface area contributed by atoms with Gasteiger partial charge in [0.25, 0.3) is 11.1 Å². The van der Waals surface area contributed by atoms with E-state index in [2.05, 4.69) is 25.7 Å². The van der Waals surface area contributed by atoms with Crippen LogP contribution in [0.15, 0.2) is 107 Å². The normalized spacial score (nSPS) is 11.0. The molecule has 6 aromatic rings. The molecule has 0 aliphatic rings. The number of hydrogen-bond donors (Lipinski definition) is 4. The molecule has 0 spiro atoms. The van der Waals surface area contributed by atoms with E-state index < -0.39 is 11.7 Å². The molecule has 2 heterocycles. The standard InChI is InChI=1S/C19H19N3O3.C14H11N3O/c1-19(2,3)25-18(24)20-13-10-8-12(9-11-13)16-14-6-4-5-7-15(14)17(23)22-21-16;15-10-7-5-9(6-8-10)13-11-3-1-2-4-12(11)14(18)17-16-13/h4-11H,1-3H3,(H,20,24)(H,22,23);1-8H,15H2,(H,17,18). The van der Waals surface area contributed by atoms with Crippen LogP contribution in [0.5, 0.6) is 0 Å². The van der Waals surface area contributed by atoms with Gasteiger partial charge in [-0.1, -0.05) is 60.7 Å². The van der Waals surface area contributed by atoms with Crippen molar-refractivity contribution in [1.82, 2.24) is 20.4 Å². The number of hydrogen-bond acceptors (Lipinski definition) is 7. The highest BCUT2D eigenvalue weighted by atomic mass is 16.6. The van der Waals surface area contributed by atoms with E-state index in [1.807, 2.05) is 93.6 Å². The monoisotopic (exact) mass is 574 g/mol. The molecule has 5 N–H and O–H groups in total. The van der Waals surface area contributed by atoms with Gasteiger partial charge in [0.05, 0.1) is 22.2 Å². The van der Waals surface area contributed by atoms with Gasteiger partial charge in [0.2, 0.25) is 0 Å². The lowest BCUT2D eigenvalue weighted by Gasteiger charge is -2.19. The second-order valence-corrected chi connectivity index (χ2v) is 10.7. The number of carbonyl (C=O) groups is 1. The number of fused-ring (bicyclic) bond motifs is 2. The first-order valence-corrected chi connectivity index (χ1v) is 13.5. The molecular weight excluding hydrogens is 544 g/mol. The summed E-state index contributed by atoms with van der Waals surface area (Å²) in [4.78, 5) is 35.4. The molecule has 0 bridgehead atoms. The first-order valence-electron chi connectivity index (χ1n) is 13.5. The van der Waals surface area contributed by atoms with E-state index in [-0.39, 0.29) is 11.1 Å². The number of ether oxygens (including phenoxy) is 1. The molecule has 0 aliphatic carbocycles. The fourth-order valence-electron chi connectivity index (χ4n) is 4.44. The summed E-state index contributed by atoms with van der Waals surface area (Å²) in [6.07, 6.45) is -0.507. The quantitative estimate of drug-likeness (QED) is 0.186. The molecule has 10 heteroatoms. The van der Waals surface area contributed by atoms with Crippen LogP contribution in [0.4, 0.5) is 16.2 Å². The molecular formula is C33H30N6O4. The molecule has 2 aromatic heterocycles. The van der Waals surface area contributed by atoms with Crippen molar-refractivity contribution in [1.29, 1.82) is 0 Å². The number of aromatic nitrogens is 4. The molecule has 0 atom stereocenters. The Morgan fingerprint density at radius 3 is 1.53 bits per heavy atom. The van der Waals surface area contributed by atoms with Crippen molar-refractivity contribution >= 4 is 39.0 Å². The van der Waals surface area contributed by atoms with Crippen molar-refractivity contribution in [2.24, 2.45) is 0 Å². The predicted octanol–water partition coefficient (Wildman–Crippen LogP) is 6.11. The fraction of sp³-hybridized carbons (Fsp3) is 0.121. The summed E-state index contributed by atoms with van der Waals surface area (Å²) >= 11 is 0. The number of nitrogen functional groups attached to an aromatic ring is 1. The molecule has 1 amide bonds. The van der Waals surface area contributed by atoms with Gasteiger partial charge in [-0.05, 0) is 57.2 Å². The summed E-state index contributed by atoms with van der Waals surface area (Å²) in [7, 11) is 0. The summed E-state index contributed by atoms with van der Waals surface area (Å²) in [5, 5.41) is 18.9. The van der Waals surface area contributed by atoms with Crippen LogP contribution < -0.4 is 22.2 Å². The number of aromatic amines is 2. The summed E-state index contributed by atoms with van der Waals surface area (Å²) in [6, 6.07) is 29.3. The van der Waals surface area contributed by atoms with E-state index >= 15 is 0 Å². The smallest absolute Gasteiger partial charge is 0.412 e. The van der Waals surface area contributed by atoms with E-state index in [1.165, 1.54) is 0 Å². The number of benzene rings is 4. The molecule has 216 valence electrons. The Morgan fingerprint density at radius 1 is 0.674 bits per heavy atom. The highest BCUT2D eigenvalue weighted by Gasteiger charge is 2.16. The van der Waals surface area contributed by atoms with Gasteiger partial charge in [-0.15, -0.1) is 0 Å². The number of nitrogens with zero attached hydrogens (tertiary/aromatic N) is 2. The summed E-state index contributed by atoms with van der Waals surface area (Å²) in [6.45, 7) is 5.42. The van der Waals surface area contributed by atoms with Crippen LogP contribution in [-0.2, 0) is 4.74 Å². The average molecular weight is 575 g/mol. The van der Waals surface area contributed by atoms with Crippen molar-refractivity contribution in [2.75, 3.05) is 11.1 Å². The SMILES string of the molecule is CC(C)(C)OC(=O)Nc1ccc(-c2n[nH]c(=O)c3ccccc23)cc1.Nc1ccc(-c2n[nH]c(=O)c3ccccc23)cc1. The molecule has 0 saturated carbocycles. The lowest BCUT2D eigenvalue weighted by Crippen LogP contribution is -2.27. The van der Waals surface area contributed by atoms with Gasteiger partial charge in [0, 0.05) is 33.3 Å². The molecule has 4 aromatic carbocycles. The maximum absolute atomic E-state index is 11.9. The molecule has 0 fully saturated rings. The van der Waals surface area contributed by atoms with Gasteiger partial charge in [-0.25, -0.2) is 15.0 Å². The van der Waals surface area contributed by atoms with Crippen LogP contribution in [0, 0.1) is 0 Å². The van der Waals surface area contributed by atoms with E-state index in [0.717, 1.165) is 27.6 Å². The number of amides is 1. The average Bonchev–Trinajstić information content (AvgIpc) is 2.98. The minimum absolute atomic E-state index is 0.176. The first kappa shape index (κ1) is 28.7. The first-order chi connectivity index (χ1) is 20.6. The molecule has 10 nitrogen and oxygen atoms in total. The Morgan fingerprint density at radius 2 is 1.09 bits per heavy atom. The summed E-state index contributed by atoms with van der Waals surface area (Å²) in [5.74, 6) is 0. The van der Waals surface area contributed by atoms with Crippen LogP contribution in [0.1, 0.15) is 20.8 Å². The maximum Gasteiger partial charge on any atom is 0.412 e. The number of nitrogens with two attached hydrogens (primary N) is 1. The number of H-pyrrole nitrogens is 2. The summed E-state index contributed by atoms with van der Waals surface area (Å²) < 4.78 is 5.23. The topological polar surface area (TPSA) is 156 Å². The molecule has 0 saturated heterocycles. The van der Waals surface area contributed by atoms with Gasteiger partial charge in [0.15, 0.2) is 0 Å². The van der Waals surface area contributed by atoms with Gasteiger partial charge in [-0.2, -0.15) is 10.2 Å². The fourth-order valence-corrected chi connectivity index (χ4v) is 4.44. The Labute approximate surface area is 246 Å². The van der Waals surface area contributed by atoms with Crippen LogP contribution in [0.3, 0.4) is 0 Å². The van der Waals surface area contributed by atoms with Gasteiger partial charge >= 0.3 is 6.09 Å². The Balaban J connectivity index is 0.000000180. The van der Waals surface area contributed by atoms with E-state index in [9.17, 15) is 14.4 Å². The third-order valence-electron chi connectivity index (χ3n) is 6.38. The number of nitrogens with one attached hydrogen (secondary N) is 3. The van der Waals surface area contributed by atoms with Crippen LogP contribution >= 0.6 is 0 Å². The number of anilines is 2. The van der Waals surface area contributed by atoms with Gasteiger partial charge in [0.1, 0.15) is 5.60 Å². The minimum Gasteiger partial charge on any atom is -0.444 e. The van der Waals surface area contributed by atoms with Crippen molar-refractivity contribution in [3.8, 4) is 22.5 Å². The highest BCUT2D eigenvalue weighted by Crippen LogP contribution is 2.26. The van der Waals surface area contributed by atoms with Crippen LogP contribution in [0.2, 0.25) is 0 Å². The second kappa shape index (κ2) is 12.0. The molecule has 43 heavy (non-hydrogen) atoms. The highest BCUT2D eigenvalue weighted by molar-refractivity contribution is 5.95. The largest absolute Gasteiger partial charge is 0.444 e. The van der Waals surface area contributed by atoms with E-state index in [1.54, 1.807) is 24.3 Å². The molecule has 0 radical (unpaired) electrons. The van der Waals surface area contributed by atoms with Crippen LogP contribution in [0.25, 0.3) is 44.1 Å². The number of carbonyl (C=O) groups excluding carboxylic acids is 1. The van der Waals surface area contributed by atoms with E-state index in [0.29, 0.717) is 27.8 Å².